The van der Waals surface area contributed by atoms with Gasteiger partial charge in [0.2, 0.25) is 5.91 Å². The van der Waals surface area contributed by atoms with E-state index in [4.69, 9.17) is 0 Å². The third-order valence-electron chi connectivity index (χ3n) is 4.01. The van der Waals surface area contributed by atoms with Crippen LogP contribution in [0.25, 0.3) is 0 Å². The van der Waals surface area contributed by atoms with Crippen LogP contribution in [0.5, 0.6) is 0 Å². The number of aryl methyl sites for hydroxylation is 1. The van der Waals surface area contributed by atoms with Crippen molar-refractivity contribution in [1.82, 2.24) is 10.2 Å². The average molecular weight is 287 g/mol. The van der Waals surface area contributed by atoms with E-state index in [2.05, 4.69) is 10.6 Å². The number of carbonyl (C=O) groups excluding carboxylic acids is 3. The summed E-state index contributed by atoms with van der Waals surface area (Å²) < 4.78 is 0. The van der Waals surface area contributed by atoms with Gasteiger partial charge < -0.3 is 10.6 Å². The SMILES string of the molecule is CN1C(=O)CC(NC(=O)c2cccc3c2NCCC3)C1=O. The van der Waals surface area contributed by atoms with Crippen LogP contribution < -0.4 is 10.6 Å². The van der Waals surface area contributed by atoms with E-state index in [1.807, 2.05) is 12.1 Å². The number of carbonyl (C=O) groups is 3. The minimum absolute atomic E-state index is 0.0313. The van der Waals surface area contributed by atoms with E-state index in [0.717, 1.165) is 35.5 Å². The lowest BCUT2D eigenvalue weighted by Gasteiger charge is -2.21. The predicted molar refractivity (Wildman–Crippen MR) is 76.9 cm³/mol. The standard InChI is InChI=1S/C15H17N3O3/c1-18-12(19)8-11(15(18)21)17-14(20)10-6-2-4-9-5-3-7-16-13(9)10/h2,4,6,11,16H,3,5,7-8H2,1H3,(H,17,20). The molecule has 1 aromatic rings. The van der Waals surface area contributed by atoms with E-state index in [1.54, 1.807) is 6.07 Å². The molecule has 1 atom stereocenters. The second-order valence-corrected chi connectivity index (χ2v) is 5.39. The number of likely N-dealkylation sites (tertiary alicyclic amines) is 1. The van der Waals surface area contributed by atoms with Crippen molar-refractivity contribution in [2.24, 2.45) is 0 Å². The number of hydrogen-bond donors (Lipinski definition) is 2. The van der Waals surface area contributed by atoms with Gasteiger partial charge >= 0.3 is 0 Å². The zero-order valence-corrected chi connectivity index (χ0v) is 11.8. The van der Waals surface area contributed by atoms with Gasteiger partial charge in [0.1, 0.15) is 6.04 Å². The molecule has 3 amide bonds. The van der Waals surface area contributed by atoms with Gasteiger partial charge in [-0.05, 0) is 24.5 Å². The first-order valence-corrected chi connectivity index (χ1v) is 7.05. The second-order valence-electron chi connectivity index (χ2n) is 5.39. The summed E-state index contributed by atoms with van der Waals surface area (Å²) in [5.41, 5.74) is 2.48. The summed E-state index contributed by atoms with van der Waals surface area (Å²) in [5, 5.41) is 5.91. The minimum Gasteiger partial charge on any atom is -0.384 e. The highest BCUT2D eigenvalue weighted by Gasteiger charge is 2.37. The van der Waals surface area contributed by atoms with Crippen LogP contribution >= 0.6 is 0 Å². The molecular weight excluding hydrogens is 270 g/mol. The normalized spacial score (nSPS) is 21.0. The van der Waals surface area contributed by atoms with Crippen molar-refractivity contribution in [3.63, 3.8) is 0 Å². The molecule has 21 heavy (non-hydrogen) atoms. The Balaban J connectivity index is 1.81. The van der Waals surface area contributed by atoms with E-state index in [9.17, 15) is 14.4 Å². The lowest BCUT2D eigenvalue weighted by molar-refractivity contribution is -0.137. The van der Waals surface area contributed by atoms with Gasteiger partial charge in [-0.15, -0.1) is 0 Å². The number of anilines is 1. The molecule has 0 bridgehead atoms. The van der Waals surface area contributed by atoms with Gasteiger partial charge in [0.05, 0.1) is 17.7 Å². The van der Waals surface area contributed by atoms with Crippen molar-refractivity contribution >= 4 is 23.4 Å². The topological polar surface area (TPSA) is 78.5 Å². The van der Waals surface area contributed by atoms with Gasteiger partial charge in [-0.1, -0.05) is 12.1 Å². The van der Waals surface area contributed by atoms with E-state index in [-0.39, 0.29) is 24.1 Å². The number of nitrogens with zero attached hydrogens (tertiary/aromatic N) is 1. The predicted octanol–water partition coefficient (Wildman–Crippen LogP) is 0.532. The van der Waals surface area contributed by atoms with Crippen molar-refractivity contribution in [3.05, 3.63) is 29.3 Å². The van der Waals surface area contributed by atoms with Gasteiger partial charge in [0.25, 0.3) is 11.8 Å². The van der Waals surface area contributed by atoms with Crippen LogP contribution in [-0.4, -0.2) is 42.3 Å². The Hall–Kier alpha value is -2.37. The highest BCUT2D eigenvalue weighted by molar-refractivity contribution is 6.09. The molecule has 1 saturated heterocycles. The number of nitrogens with one attached hydrogen (secondary N) is 2. The summed E-state index contributed by atoms with van der Waals surface area (Å²) in [6, 6.07) is 4.82. The Labute approximate surface area is 122 Å². The first-order chi connectivity index (χ1) is 10.1. The number of likely N-dealkylation sites (N-methyl/N-ethyl adjacent to an activating group) is 1. The molecule has 1 aromatic carbocycles. The molecule has 2 aliphatic rings. The maximum atomic E-state index is 12.4. The highest BCUT2D eigenvalue weighted by atomic mass is 16.2. The quantitative estimate of drug-likeness (QED) is 0.778. The summed E-state index contributed by atoms with van der Waals surface area (Å²) in [4.78, 5) is 36.8. The van der Waals surface area contributed by atoms with Crippen molar-refractivity contribution in [3.8, 4) is 0 Å². The van der Waals surface area contributed by atoms with Crippen molar-refractivity contribution < 1.29 is 14.4 Å². The Kier molecular flexibility index (Phi) is 3.37. The Morgan fingerprint density at radius 3 is 2.90 bits per heavy atom. The Bertz CT molecular complexity index is 627. The highest BCUT2D eigenvalue weighted by Crippen LogP contribution is 2.26. The molecule has 6 heteroatoms. The average Bonchev–Trinajstić information content (AvgIpc) is 2.74. The first kappa shape index (κ1) is 13.6. The first-order valence-electron chi connectivity index (χ1n) is 7.05. The second kappa shape index (κ2) is 5.20. The molecule has 0 aromatic heterocycles. The van der Waals surface area contributed by atoms with Crippen LogP contribution in [0.3, 0.4) is 0 Å². The fourth-order valence-corrected chi connectivity index (χ4v) is 2.80. The number of para-hydroxylation sites is 1. The maximum Gasteiger partial charge on any atom is 0.254 e. The Morgan fingerprint density at radius 2 is 2.19 bits per heavy atom. The van der Waals surface area contributed by atoms with Gasteiger partial charge in [0, 0.05) is 13.6 Å². The number of benzene rings is 1. The zero-order valence-electron chi connectivity index (χ0n) is 11.8. The lowest BCUT2D eigenvalue weighted by atomic mass is 9.99. The van der Waals surface area contributed by atoms with Gasteiger partial charge in [-0.2, -0.15) is 0 Å². The van der Waals surface area contributed by atoms with Crippen LogP contribution in [-0.2, 0) is 16.0 Å². The monoisotopic (exact) mass is 287 g/mol. The van der Waals surface area contributed by atoms with E-state index in [1.165, 1.54) is 7.05 Å². The molecular formula is C15H17N3O3. The third-order valence-corrected chi connectivity index (χ3v) is 4.01. The van der Waals surface area contributed by atoms with Crippen LogP contribution in [0.1, 0.15) is 28.8 Å². The van der Waals surface area contributed by atoms with E-state index in [0.29, 0.717) is 5.56 Å². The molecule has 0 aliphatic carbocycles. The maximum absolute atomic E-state index is 12.4. The minimum atomic E-state index is -0.755. The van der Waals surface area contributed by atoms with Crippen LogP contribution in [0.4, 0.5) is 5.69 Å². The fraction of sp³-hybridized carbons (Fsp3) is 0.400. The summed E-state index contributed by atoms with van der Waals surface area (Å²) in [6.07, 6.45) is 2.01. The molecule has 6 nitrogen and oxygen atoms in total. The molecule has 0 spiro atoms. The molecule has 2 heterocycles. The third kappa shape index (κ3) is 2.37. The molecule has 0 radical (unpaired) electrons. The van der Waals surface area contributed by atoms with Gasteiger partial charge in [0.15, 0.2) is 0 Å². The number of imide groups is 1. The molecule has 2 N–H and O–H groups in total. The number of fused-ring (bicyclic) bond motifs is 1. The summed E-state index contributed by atoms with van der Waals surface area (Å²) >= 11 is 0. The summed E-state index contributed by atoms with van der Waals surface area (Å²) in [5.74, 6) is -0.938. The largest absolute Gasteiger partial charge is 0.384 e. The van der Waals surface area contributed by atoms with Gasteiger partial charge in [-0.25, -0.2) is 0 Å². The molecule has 2 aliphatic heterocycles. The molecule has 1 fully saturated rings. The molecule has 0 saturated carbocycles. The molecule has 3 rings (SSSR count). The summed E-state index contributed by atoms with van der Waals surface area (Å²) in [6.45, 7) is 0.834. The summed E-state index contributed by atoms with van der Waals surface area (Å²) in [7, 11) is 1.43. The molecule has 1 unspecified atom stereocenters. The van der Waals surface area contributed by atoms with E-state index >= 15 is 0 Å². The lowest BCUT2D eigenvalue weighted by Crippen LogP contribution is -2.41. The van der Waals surface area contributed by atoms with Crippen LogP contribution in [0.2, 0.25) is 0 Å². The number of rotatable bonds is 2. The van der Waals surface area contributed by atoms with Crippen molar-refractivity contribution in [2.75, 3.05) is 18.9 Å². The van der Waals surface area contributed by atoms with E-state index < -0.39 is 6.04 Å². The zero-order chi connectivity index (χ0) is 15.0. The number of hydrogen-bond acceptors (Lipinski definition) is 4. The Morgan fingerprint density at radius 1 is 1.38 bits per heavy atom. The van der Waals surface area contributed by atoms with Crippen LogP contribution in [0.15, 0.2) is 18.2 Å². The van der Waals surface area contributed by atoms with Gasteiger partial charge in [-0.3, -0.25) is 19.3 Å². The van der Waals surface area contributed by atoms with Crippen LogP contribution in [0, 0.1) is 0 Å². The molecule has 110 valence electrons. The smallest absolute Gasteiger partial charge is 0.254 e. The van der Waals surface area contributed by atoms with Crippen molar-refractivity contribution in [2.45, 2.75) is 25.3 Å². The number of amides is 3. The fourth-order valence-electron chi connectivity index (χ4n) is 2.80. The van der Waals surface area contributed by atoms with Crippen molar-refractivity contribution in [1.29, 1.82) is 0 Å².